The molecule has 0 radical (unpaired) electrons. The summed E-state index contributed by atoms with van der Waals surface area (Å²) in [6.45, 7) is 0.991. The van der Waals surface area contributed by atoms with Crippen LogP contribution in [0.1, 0.15) is 6.42 Å². The maximum atomic E-state index is 11.5. The van der Waals surface area contributed by atoms with Gasteiger partial charge in [-0.05, 0) is 12.1 Å². The molecule has 0 saturated carbocycles. The molecule has 1 rings (SSSR count). The average Bonchev–Trinajstić information content (AvgIpc) is 2.31. The fraction of sp³-hybridized carbons (Fsp3) is 0.417. The van der Waals surface area contributed by atoms with Gasteiger partial charge in [-0.15, -0.1) is 0 Å². The minimum Gasteiger partial charge on any atom is -0.490 e. The van der Waals surface area contributed by atoms with Gasteiger partial charge in [-0.25, -0.2) is 0 Å². The molecule has 0 unspecified atom stereocenters. The molecule has 0 aliphatic carbocycles. The normalized spacial score (nSPS) is 10.1. The van der Waals surface area contributed by atoms with Crippen LogP contribution in [0.5, 0.6) is 5.75 Å². The predicted octanol–water partition coefficient (Wildman–Crippen LogP) is 2.96. The lowest BCUT2D eigenvalue weighted by molar-refractivity contribution is -0.129. The van der Waals surface area contributed by atoms with E-state index in [9.17, 15) is 4.79 Å². The molecule has 17 heavy (non-hydrogen) atoms. The highest BCUT2D eigenvalue weighted by Crippen LogP contribution is 2.22. The number of nitrogens with zero attached hydrogens (tertiary/aromatic N) is 1. The number of hydrogen-bond donors (Lipinski definition) is 0. The minimum atomic E-state index is 0.102. The van der Waals surface area contributed by atoms with Crippen molar-refractivity contribution in [3.8, 4) is 5.75 Å². The molecule has 0 heterocycles. The van der Waals surface area contributed by atoms with Gasteiger partial charge in [0.25, 0.3) is 0 Å². The van der Waals surface area contributed by atoms with Crippen molar-refractivity contribution < 1.29 is 9.53 Å². The summed E-state index contributed by atoms with van der Waals surface area (Å²) in [6.07, 6.45) is 0.503. The van der Waals surface area contributed by atoms with E-state index in [1.54, 1.807) is 18.0 Å². The molecule has 0 saturated heterocycles. The van der Waals surface area contributed by atoms with Crippen molar-refractivity contribution in [1.29, 1.82) is 0 Å². The Morgan fingerprint density at radius 1 is 1.47 bits per heavy atom. The zero-order valence-electron chi connectivity index (χ0n) is 9.66. The second kappa shape index (κ2) is 7.56. The number of halogens is 2. The molecule has 0 atom stereocenters. The van der Waals surface area contributed by atoms with E-state index in [0.717, 1.165) is 0 Å². The van der Waals surface area contributed by atoms with Crippen LogP contribution in [0.4, 0.5) is 0 Å². The first-order chi connectivity index (χ1) is 8.15. The molecular formula is C12H15BrClNO2. The summed E-state index contributed by atoms with van der Waals surface area (Å²) in [6, 6.07) is 7.29. The summed E-state index contributed by atoms with van der Waals surface area (Å²) in [5, 5.41) is 1.27. The van der Waals surface area contributed by atoms with Crippen molar-refractivity contribution in [3.63, 3.8) is 0 Å². The van der Waals surface area contributed by atoms with Crippen LogP contribution in [-0.2, 0) is 4.79 Å². The molecule has 0 fully saturated rings. The van der Waals surface area contributed by atoms with Gasteiger partial charge in [0.05, 0.1) is 11.6 Å². The van der Waals surface area contributed by atoms with E-state index >= 15 is 0 Å². The number of ether oxygens (including phenoxy) is 1. The third kappa shape index (κ3) is 4.96. The lowest BCUT2D eigenvalue weighted by Gasteiger charge is -2.17. The van der Waals surface area contributed by atoms with Crippen molar-refractivity contribution in [3.05, 3.63) is 29.3 Å². The standard InChI is InChI=1S/C12H15BrClNO2/c1-15(12(16)6-7-13)8-9-17-11-5-3-2-4-10(11)14/h2-5H,6-9H2,1H3. The third-order valence-electron chi connectivity index (χ3n) is 2.26. The molecule has 1 amide bonds. The maximum Gasteiger partial charge on any atom is 0.223 e. The van der Waals surface area contributed by atoms with Gasteiger partial charge < -0.3 is 9.64 Å². The highest BCUT2D eigenvalue weighted by Gasteiger charge is 2.07. The molecule has 0 N–H and O–H groups in total. The van der Waals surface area contributed by atoms with Gasteiger partial charge in [-0.1, -0.05) is 39.7 Å². The summed E-state index contributed by atoms with van der Waals surface area (Å²) in [7, 11) is 1.76. The van der Waals surface area contributed by atoms with E-state index in [0.29, 0.717) is 35.7 Å². The number of amides is 1. The Hall–Kier alpha value is -0.740. The number of hydrogen-bond acceptors (Lipinski definition) is 2. The molecular weight excluding hydrogens is 305 g/mol. The van der Waals surface area contributed by atoms with E-state index in [1.165, 1.54) is 0 Å². The van der Waals surface area contributed by atoms with E-state index in [4.69, 9.17) is 16.3 Å². The number of benzene rings is 1. The van der Waals surface area contributed by atoms with E-state index < -0.39 is 0 Å². The van der Waals surface area contributed by atoms with Gasteiger partial charge in [-0.3, -0.25) is 4.79 Å². The quantitative estimate of drug-likeness (QED) is 0.754. The largest absolute Gasteiger partial charge is 0.490 e. The van der Waals surface area contributed by atoms with Crippen LogP contribution >= 0.6 is 27.5 Å². The molecule has 3 nitrogen and oxygen atoms in total. The summed E-state index contributed by atoms with van der Waals surface area (Å²) in [5.74, 6) is 0.750. The summed E-state index contributed by atoms with van der Waals surface area (Å²) in [4.78, 5) is 13.1. The highest BCUT2D eigenvalue weighted by atomic mass is 79.9. The first-order valence-electron chi connectivity index (χ1n) is 5.32. The SMILES string of the molecule is CN(CCOc1ccccc1Cl)C(=O)CCBr. The smallest absolute Gasteiger partial charge is 0.223 e. The predicted molar refractivity (Wildman–Crippen MR) is 73.0 cm³/mol. The number of carbonyl (C=O) groups is 1. The average molecular weight is 321 g/mol. The summed E-state index contributed by atoms with van der Waals surface area (Å²) in [5.41, 5.74) is 0. The van der Waals surface area contributed by atoms with E-state index in [1.807, 2.05) is 18.2 Å². The number of carbonyl (C=O) groups excluding carboxylic acids is 1. The van der Waals surface area contributed by atoms with Gasteiger partial charge in [0.15, 0.2) is 0 Å². The molecule has 0 aromatic heterocycles. The van der Waals surface area contributed by atoms with Crippen LogP contribution in [0.25, 0.3) is 0 Å². The van der Waals surface area contributed by atoms with Gasteiger partial charge >= 0.3 is 0 Å². The zero-order chi connectivity index (χ0) is 12.7. The Kier molecular flexibility index (Phi) is 6.37. The number of rotatable bonds is 6. The van der Waals surface area contributed by atoms with Crippen molar-refractivity contribution in [2.75, 3.05) is 25.5 Å². The zero-order valence-corrected chi connectivity index (χ0v) is 12.0. The molecule has 94 valence electrons. The fourth-order valence-electron chi connectivity index (χ4n) is 1.25. The van der Waals surface area contributed by atoms with Crippen LogP contribution in [0.15, 0.2) is 24.3 Å². The molecule has 0 bridgehead atoms. The van der Waals surface area contributed by atoms with Gasteiger partial charge in [-0.2, -0.15) is 0 Å². The summed E-state index contributed by atoms with van der Waals surface area (Å²) < 4.78 is 5.50. The first kappa shape index (κ1) is 14.3. The number of para-hydroxylation sites is 1. The van der Waals surface area contributed by atoms with E-state index in [-0.39, 0.29) is 5.91 Å². The Balaban J connectivity index is 2.33. The second-order valence-electron chi connectivity index (χ2n) is 3.53. The molecule has 1 aromatic carbocycles. The summed E-state index contributed by atoms with van der Waals surface area (Å²) >= 11 is 9.18. The van der Waals surface area contributed by atoms with Gasteiger partial charge in [0, 0.05) is 18.8 Å². The molecule has 5 heteroatoms. The minimum absolute atomic E-state index is 0.102. The van der Waals surface area contributed by atoms with Crippen molar-refractivity contribution in [1.82, 2.24) is 4.90 Å². The Bertz CT molecular complexity index is 373. The van der Waals surface area contributed by atoms with Crippen LogP contribution < -0.4 is 4.74 Å². The van der Waals surface area contributed by atoms with Crippen LogP contribution in [-0.4, -0.2) is 36.3 Å². The van der Waals surface area contributed by atoms with Crippen molar-refractivity contribution in [2.24, 2.45) is 0 Å². The topological polar surface area (TPSA) is 29.5 Å². The Morgan fingerprint density at radius 2 is 2.18 bits per heavy atom. The molecule has 0 aliphatic rings. The molecule has 0 spiro atoms. The second-order valence-corrected chi connectivity index (χ2v) is 4.73. The van der Waals surface area contributed by atoms with Gasteiger partial charge in [0.1, 0.15) is 12.4 Å². The lowest BCUT2D eigenvalue weighted by Crippen LogP contribution is -2.30. The fourth-order valence-corrected chi connectivity index (χ4v) is 1.78. The Morgan fingerprint density at radius 3 is 2.82 bits per heavy atom. The van der Waals surface area contributed by atoms with Crippen LogP contribution in [0, 0.1) is 0 Å². The Labute approximate surface area is 115 Å². The molecule has 0 aliphatic heterocycles. The van der Waals surface area contributed by atoms with Crippen molar-refractivity contribution >= 4 is 33.4 Å². The van der Waals surface area contributed by atoms with Gasteiger partial charge in [0.2, 0.25) is 5.91 Å². The lowest BCUT2D eigenvalue weighted by atomic mass is 10.3. The van der Waals surface area contributed by atoms with Crippen molar-refractivity contribution in [2.45, 2.75) is 6.42 Å². The van der Waals surface area contributed by atoms with Crippen LogP contribution in [0.3, 0.4) is 0 Å². The number of likely N-dealkylation sites (N-methyl/N-ethyl adjacent to an activating group) is 1. The molecule has 1 aromatic rings. The maximum absolute atomic E-state index is 11.5. The number of alkyl halides is 1. The van der Waals surface area contributed by atoms with Crippen LogP contribution in [0.2, 0.25) is 5.02 Å². The highest BCUT2D eigenvalue weighted by molar-refractivity contribution is 9.09. The third-order valence-corrected chi connectivity index (χ3v) is 2.96. The first-order valence-corrected chi connectivity index (χ1v) is 6.82. The van der Waals surface area contributed by atoms with E-state index in [2.05, 4.69) is 15.9 Å². The monoisotopic (exact) mass is 319 g/mol.